The number of hydrogen-bond acceptors (Lipinski definition) is 1. The summed E-state index contributed by atoms with van der Waals surface area (Å²) in [5, 5.41) is -0.00639. The average Bonchev–Trinajstić information content (AvgIpc) is 2.05. The lowest BCUT2D eigenvalue weighted by molar-refractivity contribution is 0.388. The van der Waals surface area contributed by atoms with Gasteiger partial charge in [0.1, 0.15) is 0 Å². The second-order valence-corrected chi connectivity index (χ2v) is 4.43. The summed E-state index contributed by atoms with van der Waals surface area (Å²) < 4.78 is 11.0. The molecule has 0 aliphatic heterocycles. The van der Waals surface area contributed by atoms with E-state index in [0.717, 1.165) is 0 Å². The van der Waals surface area contributed by atoms with Crippen molar-refractivity contribution in [1.29, 1.82) is 0 Å². The van der Waals surface area contributed by atoms with Gasteiger partial charge in [-0.3, -0.25) is 4.57 Å². The Kier molecular flexibility index (Phi) is 3.45. The van der Waals surface area contributed by atoms with Crippen LogP contribution in [0.25, 0.3) is 5.31 Å². The van der Waals surface area contributed by atoms with Crippen molar-refractivity contribution in [3.8, 4) is 0 Å². The molecule has 0 aliphatic rings. The van der Waals surface area contributed by atoms with Crippen molar-refractivity contribution in [2.75, 3.05) is 0 Å². The van der Waals surface area contributed by atoms with E-state index in [1.807, 2.05) is 0 Å². The van der Waals surface area contributed by atoms with Crippen molar-refractivity contribution in [1.82, 2.24) is 0 Å². The number of benzene rings is 1. The Morgan fingerprint density at radius 3 is 2.23 bits per heavy atom. The zero-order chi connectivity index (χ0) is 9.90. The first-order valence-corrected chi connectivity index (χ1v) is 6.00. The summed E-state index contributed by atoms with van der Waals surface area (Å²) in [6, 6.07) is 8.52. The lowest BCUT2D eigenvalue weighted by Gasteiger charge is -2.07. The molecule has 0 aromatic heterocycles. The number of halogens is 1. The standard InChI is InChI=1S/C8H8BrO3P/c9-6-8(13(10,11)12)7-4-2-1-3-5-7/h1-6H,(H2,10,11,12). The van der Waals surface area contributed by atoms with E-state index < -0.39 is 7.60 Å². The van der Waals surface area contributed by atoms with Crippen LogP contribution in [0.5, 0.6) is 0 Å². The molecule has 1 aromatic carbocycles. The van der Waals surface area contributed by atoms with E-state index in [9.17, 15) is 4.57 Å². The van der Waals surface area contributed by atoms with E-state index in [1.165, 1.54) is 4.99 Å². The van der Waals surface area contributed by atoms with Crippen molar-refractivity contribution in [3.05, 3.63) is 40.9 Å². The molecule has 0 amide bonds. The van der Waals surface area contributed by atoms with Gasteiger partial charge in [0.2, 0.25) is 0 Å². The van der Waals surface area contributed by atoms with Gasteiger partial charge in [-0.05, 0) is 10.5 Å². The van der Waals surface area contributed by atoms with Crippen LogP contribution < -0.4 is 0 Å². The molecule has 5 heteroatoms. The number of rotatable bonds is 2. The van der Waals surface area contributed by atoms with Crippen molar-refractivity contribution in [3.63, 3.8) is 0 Å². The van der Waals surface area contributed by atoms with Crippen LogP contribution in [0.1, 0.15) is 5.56 Å². The Morgan fingerprint density at radius 2 is 1.85 bits per heavy atom. The highest BCUT2D eigenvalue weighted by Gasteiger charge is 2.21. The van der Waals surface area contributed by atoms with Gasteiger partial charge in [0.15, 0.2) is 0 Å². The first-order chi connectivity index (χ1) is 6.05. The number of hydrogen-bond donors (Lipinski definition) is 2. The minimum atomic E-state index is -4.18. The predicted molar refractivity (Wildman–Crippen MR) is 55.4 cm³/mol. The first-order valence-electron chi connectivity index (χ1n) is 3.47. The van der Waals surface area contributed by atoms with Gasteiger partial charge in [-0.1, -0.05) is 46.3 Å². The minimum absolute atomic E-state index is 0.00639. The average molecular weight is 263 g/mol. The third-order valence-electron chi connectivity index (χ3n) is 1.49. The van der Waals surface area contributed by atoms with Gasteiger partial charge in [-0.25, -0.2) is 0 Å². The smallest absolute Gasteiger partial charge is 0.321 e. The highest BCUT2D eigenvalue weighted by Crippen LogP contribution is 2.51. The third-order valence-corrected chi connectivity index (χ3v) is 3.31. The monoisotopic (exact) mass is 262 g/mol. The zero-order valence-corrected chi connectivity index (χ0v) is 9.07. The van der Waals surface area contributed by atoms with Crippen molar-refractivity contribution in [2.24, 2.45) is 0 Å². The Labute approximate surface area is 84.4 Å². The molecule has 0 heterocycles. The first kappa shape index (κ1) is 10.7. The van der Waals surface area contributed by atoms with Gasteiger partial charge in [-0.15, -0.1) is 0 Å². The highest BCUT2D eigenvalue weighted by atomic mass is 79.9. The topological polar surface area (TPSA) is 57.5 Å². The van der Waals surface area contributed by atoms with Gasteiger partial charge < -0.3 is 9.79 Å². The predicted octanol–water partition coefficient (Wildman–Crippen LogP) is 2.56. The molecule has 3 nitrogen and oxygen atoms in total. The molecule has 1 rings (SSSR count). The van der Waals surface area contributed by atoms with Gasteiger partial charge in [0.25, 0.3) is 0 Å². The third kappa shape index (κ3) is 2.78. The molecule has 0 spiro atoms. The van der Waals surface area contributed by atoms with E-state index in [2.05, 4.69) is 15.9 Å². The Balaban J connectivity index is 3.15. The van der Waals surface area contributed by atoms with Crippen LogP contribution in [0.3, 0.4) is 0 Å². The van der Waals surface area contributed by atoms with E-state index >= 15 is 0 Å². The Morgan fingerprint density at radius 1 is 1.31 bits per heavy atom. The molecule has 0 bridgehead atoms. The molecule has 0 saturated heterocycles. The molecule has 0 saturated carbocycles. The highest BCUT2D eigenvalue weighted by molar-refractivity contribution is 9.11. The van der Waals surface area contributed by atoms with Crippen molar-refractivity contribution in [2.45, 2.75) is 0 Å². The second kappa shape index (κ2) is 4.20. The lowest BCUT2D eigenvalue weighted by Crippen LogP contribution is -1.84. The summed E-state index contributed by atoms with van der Waals surface area (Å²) >= 11 is 2.93. The van der Waals surface area contributed by atoms with Crippen LogP contribution >= 0.6 is 23.5 Å². The van der Waals surface area contributed by atoms with E-state index in [-0.39, 0.29) is 5.31 Å². The molecule has 1 aromatic rings. The van der Waals surface area contributed by atoms with Gasteiger partial charge >= 0.3 is 7.60 Å². The SMILES string of the molecule is O=P(O)(O)C(=CBr)c1ccccc1. The largest absolute Gasteiger partial charge is 0.357 e. The molecule has 2 N–H and O–H groups in total. The maximum atomic E-state index is 11.0. The molecule has 0 atom stereocenters. The van der Waals surface area contributed by atoms with E-state index in [4.69, 9.17) is 9.79 Å². The zero-order valence-electron chi connectivity index (χ0n) is 6.59. The van der Waals surface area contributed by atoms with E-state index in [0.29, 0.717) is 5.56 Å². The molecule has 0 unspecified atom stereocenters. The van der Waals surface area contributed by atoms with Gasteiger partial charge in [0, 0.05) is 0 Å². The molecule has 0 radical (unpaired) electrons. The fourth-order valence-corrected chi connectivity index (χ4v) is 2.58. The molecule has 13 heavy (non-hydrogen) atoms. The minimum Gasteiger partial charge on any atom is -0.321 e. The van der Waals surface area contributed by atoms with Crippen LogP contribution in [-0.4, -0.2) is 9.79 Å². The maximum Gasteiger partial charge on any atom is 0.357 e. The maximum absolute atomic E-state index is 11.0. The lowest BCUT2D eigenvalue weighted by atomic mass is 10.2. The van der Waals surface area contributed by atoms with Gasteiger partial charge in [-0.2, -0.15) is 0 Å². The normalized spacial score (nSPS) is 13.0. The summed E-state index contributed by atoms with van der Waals surface area (Å²) in [7, 11) is -4.18. The molecule has 0 aliphatic carbocycles. The molecular weight excluding hydrogens is 255 g/mol. The molecule has 0 fully saturated rings. The van der Waals surface area contributed by atoms with Crippen LogP contribution in [0.2, 0.25) is 0 Å². The van der Waals surface area contributed by atoms with Gasteiger partial charge in [0.05, 0.1) is 5.31 Å². The summed E-state index contributed by atoms with van der Waals surface area (Å²) in [6.07, 6.45) is 0. The Hall–Kier alpha value is -0.410. The summed E-state index contributed by atoms with van der Waals surface area (Å²) in [5.41, 5.74) is 0.521. The second-order valence-electron chi connectivity index (χ2n) is 2.40. The molecular formula is C8H8BrO3P. The van der Waals surface area contributed by atoms with Crippen LogP contribution in [0, 0.1) is 0 Å². The fourth-order valence-electron chi connectivity index (χ4n) is 0.904. The van der Waals surface area contributed by atoms with Crippen molar-refractivity contribution >= 4 is 28.8 Å². The Bertz CT molecular complexity index is 355. The van der Waals surface area contributed by atoms with Crippen LogP contribution in [0.4, 0.5) is 0 Å². The fraction of sp³-hybridized carbons (Fsp3) is 0. The summed E-state index contributed by atoms with van der Waals surface area (Å²) in [6.45, 7) is 0. The van der Waals surface area contributed by atoms with E-state index in [1.54, 1.807) is 30.3 Å². The van der Waals surface area contributed by atoms with Crippen LogP contribution in [0.15, 0.2) is 35.3 Å². The summed E-state index contributed by atoms with van der Waals surface area (Å²) in [5.74, 6) is 0. The quantitative estimate of drug-likeness (QED) is 0.806. The van der Waals surface area contributed by atoms with Crippen molar-refractivity contribution < 1.29 is 14.4 Å². The molecule has 70 valence electrons. The van der Waals surface area contributed by atoms with Crippen LogP contribution in [-0.2, 0) is 4.57 Å². The summed E-state index contributed by atoms with van der Waals surface area (Å²) in [4.78, 5) is 19.1.